The Balaban J connectivity index is 2.43. The second-order valence-corrected chi connectivity index (χ2v) is 6.32. The summed E-state index contributed by atoms with van der Waals surface area (Å²) in [4.78, 5) is 3.61. The zero-order valence-corrected chi connectivity index (χ0v) is 12.2. The standard InChI is InChI=1S/C9H7BrClN3O3S/c1-5-4-17-13-9(5)14-18(15,16)7-2-6(10)3-12-8(7)11/h2-4H,1H3,(H,13,14). The second-order valence-electron chi connectivity index (χ2n) is 3.39. The molecule has 0 fully saturated rings. The first kappa shape index (κ1) is 13.3. The van der Waals surface area contributed by atoms with Gasteiger partial charge in [0.05, 0.1) is 0 Å². The van der Waals surface area contributed by atoms with Crippen LogP contribution in [0.4, 0.5) is 5.82 Å². The molecule has 0 amide bonds. The SMILES string of the molecule is Cc1conc1NS(=O)(=O)c1cc(Br)cnc1Cl. The molecule has 0 saturated heterocycles. The van der Waals surface area contributed by atoms with Crippen molar-refractivity contribution < 1.29 is 12.9 Å². The quantitative estimate of drug-likeness (QED) is 0.858. The lowest BCUT2D eigenvalue weighted by atomic mass is 10.4. The maximum atomic E-state index is 12.1. The van der Waals surface area contributed by atoms with Gasteiger partial charge < -0.3 is 4.52 Å². The van der Waals surface area contributed by atoms with Crippen molar-refractivity contribution in [3.63, 3.8) is 0 Å². The van der Waals surface area contributed by atoms with Crippen LogP contribution in [0.2, 0.25) is 5.15 Å². The molecule has 0 bridgehead atoms. The number of rotatable bonds is 3. The molecule has 18 heavy (non-hydrogen) atoms. The Kier molecular flexibility index (Phi) is 3.60. The summed E-state index contributed by atoms with van der Waals surface area (Å²) in [5, 5.41) is 3.42. The number of pyridine rings is 1. The average molecular weight is 353 g/mol. The van der Waals surface area contributed by atoms with Crippen LogP contribution in [-0.2, 0) is 10.0 Å². The van der Waals surface area contributed by atoms with Gasteiger partial charge in [-0.3, -0.25) is 4.72 Å². The van der Waals surface area contributed by atoms with E-state index in [1.165, 1.54) is 18.5 Å². The summed E-state index contributed by atoms with van der Waals surface area (Å²) in [6.45, 7) is 1.66. The predicted molar refractivity (Wildman–Crippen MR) is 69.0 cm³/mol. The van der Waals surface area contributed by atoms with Gasteiger partial charge in [0, 0.05) is 16.2 Å². The van der Waals surface area contributed by atoms with E-state index in [-0.39, 0.29) is 15.9 Å². The van der Waals surface area contributed by atoms with Crippen LogP contribution in [0.1, 0.15) is 5.56 Å². The molecule has 2 heterocycles. The molecule has 0 unspecified atom stereocenters. The molecule has 2 rings (SSSR count). The zero-order chi connectivity index (χ0) is 13.3. The van der Waals surface area contributed by atoms with Gasteiger partial charge in [0.2, 0.25) is 0 Å². The van der Waals surface area contributed by atoms with E-state index >= 15 is 0 Å². The molecule has 0 aliphatic carbocycles. The topological polar surface area (TPSA) is 85.1 Å². The van der Waals surface area contributed by atoms with E-state index in [1.807, 2.05) is 0 Å². The molecule has 0 atom stereocenters. The monoisotopic (exact) mass is 351 g/mol. The predicted octanol–water partition coefficient (Wildman–Crippen LogP) is 2.59. The van der Waals surface area contributed by atoms with Gasteiger partial charge >= 0.3 is 0 Å². The fourth-order valence-corrected chi connectivity index (χ4v) is 3.17. The normalized spacial score (nSPS) is 11.5. The molecular weight excluding hydrogens is 346 g/mol. The summed E-state index contributed by atoms with van der Waals surface area (Å²) in [6.07, 6.45) is 2.74. The Morgan fingerprint density at radius 1 is 1.50 bits per heavy atom. The summed E-state index contributed by atoms with van der Waals surface area (Å²) in [5.41, 5.74) is 0.567. The third-order valence-electron chi connectivity index (χ3n) is 2.04. The minimum Gasteiger partial charge on any atom is -0.362 e. The van der Waals surface area contributed by atoms with E-state index in [0.717, 1.165) is 0 Å². The fraction of sp³-hybridized carbons (Fsp3) is 0.111. The molecule has 9 heteroatoms. The van der Waals surface area contributed by atoms with Crippen LogP contribution in [0.3, 0.4) is 0 Å². The number of nitrogens with one attached hydrogen (secondary N) is 1. The molecule has 2 aromatic rings. The molecule has 96 valence electrons. The van der Waals surface area contributed by atoms with Crippen LogP contribution in [-0.4, -0.2) is 18.6 Å². The van der Waals surface area contributed by atoms with E-state index in [1.54, 1.807) is 6.92 Å². The molecule has 1 N–H and O–H groups in total. The third-order valence-corrected chi connectivity index (χ3v) is 4.24. The molecule has 0 aliphatic rings. The van der Waals surface area contributed by atoms with Crippen molar-refractivity contribution in [3.8, 4) is 0 Å². The molecule has 2 aromatic heterocycles. The van der Waals surface area contributed by atoms with Crippen molar-refractivity contribution in [3.05, 3.63) is 33.7 Å². The number of hydrogen-bond donors (Lipinski definition) is 1. The first-order chi connectivity index (χ1) is 8.40. The highest BCUT2D eigenvalue weighted by atomic mass is 79.9. The molecule has 0 saturated carbocycles. The van der Waals surface area contributed by atoms with Gasteiger partial charge in [0.25, 0.3) is 10.0 Å². The van der Waals surface area contributed by atoms with Gasteiger partial charge in [-0.15, -0.1) is 0 Å². The highest BCUT2D eigenvalue weighted by Gasteiger charge is 2.21. The van der Waals surface area contributed by atoms with Gasteiger partial charge in [-0.25, -0.2) is 13.4 Å². The lowest BCUT2D eigenvalue weighted by Crippen LogP contribution is -2.14. The number of anilines is 1. The van der Waals surface area contributed by atoms with Crippen LogP contribution < -0.4 is 4.72 Å². The van der Waals surface area contributed by atoms with Gasteiger partial charge in [-0.1, -0.05) is 16.8 Å². The van der Waals surface area contributed by atoms with Crippen LogP contribution in [0.5, 0.6) is 0 Å². The lowest BCUT2D eigenvalue weighted by Gasteiger charge is -2.07. The Hall–Kier alpha value is -1.12. The highest BCUT2D eigenvalue weighted by molar-refractivity contribution is 9.10. The van der Waals surface area contributed by atoms with E-state index in [2.05, 4.69) is 35.3 Å². The van der Waals surface area contributed by atoms with Crippen LogP contribution in [0, 0.1) is 6.92 Å². The number of nitrogens with zero attached hydrogens (tertiary/aromatic N) is 2. The Bertz CT molecular complexity index is 686. The Labute approximate surface area is 117 Å². The van der Waals surface area contributed by atoms with Crippen molar-refractivity contribution in [2.75, 3.05) is 4.72 Å². The Morgan fingerprint density at radius 3 is 2.83 bits per heavy atom. The summed E-state index contributed by atoms with van der Waals surface area (Å²) in [5.74, 6) is 0.117. The molecule has 6 nitrogen and oxygen atoms in total. The first-order valence-electron chi connectivity index (χ1n) is 4.65. The number of halogens is 2. The number of aryl methyl sites for hydroxylation is 1. The van der Waals surface area contributed by atoms with E-state index < -0.39 is 10.0 Å². The van der Waals surface area contributed by atoms with E-state index in [9.17, 15) is 8.42 Å². The summed E-state index contributed by atoms with van der Waals surface area (Å²) in [7, 11) is -3.86. The van der Waals surface area contributed by atoms with Crippen molar-refractivity contribution in [1.82, 2.24) is 10.1 Å². The maximum absolute atomic E-state index is 12.1. The zero-order valence-electron chi connectivity index (χ0n) is 9.02. The number of sulfonamides is 1. The van der Waals surface area contributed by atoms with Crippen LogP contribution in [0.15, 0.2) is 32.4 Å². The van der Waals surface area contributed by atoms with Gasteiger partial charge in [0.1, 0.15) is 16.3 Å². The maximum Gasteiger partial charge on any atom is 0.266 e. The summed E-state index contributed by atoms with van der Waals surface area (Å²) < 4.78 is 31.6. The van der Waals surface area contributed by atoms with Gasteiger partial charge in [-0.2, -0.15) is 0 Å². The van der Waals surface area contributed by atoms with E-state index in [0.29, 0.717) is 10.0 Å². The minimum atomic E-state index is -3.86. The first-order valence-corrected chi connectivity index (χ1v) is 7.30. The minimum absolute atomic E-state index is 0.117. The molecule has 0 radical (unpaired) electrons. The second kappa shape index (κ2) is 4.87. The van der Waals surface area contributed by atoms with Crippen molar-refractivity contribution in [1.29, 1.82) is 0 Å². The third kappa shape index (κ3) is 2.65. The fourth-order valence-electron chi connectivity index (χ4n) is 1.16. The Morgan fingerprint density at radius 2 is 2.22 bits per heavy atom. The number of hydrogen-bond acceptors (Lipinski definition) is 5. The van der Waals surface area contributed by atoms with Crippen molar-refractivity contribution in [2.24, 2.45) is 0 Å². The summed E-state index contributed by atoms with van der Waals surface area (Å²) >= 11 is 8.90. The largest absolute Gasteiger partial charge is 0.362 e. The highest BCUT2D eigenvalue weighted by Crippen LogP contribution is 2.25. The van der Waals surface area contributed by atoms with E-state index in [4.69, 9.17) is 11.6 Å². The van der Waals surface area contributed by atoms with Gasteiger partial charge in [0.15, 0.2) is 5.82 Å². The smallest absolute Gasteiger partial charge is 0.266 e. The molecule has 0 aliphatic heterocycles. The van der Waals surface area contributed by atoms with Crippen molar-refractivity contribution >= 4 is 43.4 Å². The van der Waals surface area contributed by atoms with Crippen LogP contribution >= 0.6 is 27.5 Å². The summed E-state index contributed by atoms with van der Waals surface area (Å²) in [6, 6.07) is 1.35. The molecular formula is C9H7BrClN3O3S. The number of aromatic nitrogens is 2. The molecule has 0 aromatic carbocycles. The van der Waals surface area contributed by atoms with Crippen LogP contribution in [0.25, 0.3) is 0 Å². The van der Waals surface area contributed by atoms with Crippen molar-refractivity contribution in [2.45, 2.75) is 11.8 Å². The lowest BCUT2D eigenvalue weighted by molar-refractivity contribution is 0.422. The average Bonchev–Trinajstić information content (AvgIpc) is 2.67. The van der Waals surface area contributed by atoms with Gasteiger partial charge in [-0.05, 0) is 28.9 Å². The molecule has 0 spiro atoms.